The molecule has 0 atom stereocenters. The number of ether oxygens (including phenoxy) is 1. The van der Waals surface area contributed by atoms with Crippen LogP contribution in [-0.4, -0.2) is 18.4 Å². The predicted molar refractivity (Wildman–Crippen MR) is 90.0 cm³/mol. The summed E-state index contributed by atoms with van der Waals surface area (Å²) in [4.78, 5) is 24.3. The van der Waals surface area contributed by atoms with Crippen LogP contribution in [0, 0.1) is 0 Å². The molecular formula is C19H13ClO3. The SMILES string of the molecule is O=C(COC(=O)c1cccc2ccccc12)c1ccc(Cl)cc1. The van der Waals surface area contributed by atoms with E-state index in [1.807, 2.05) is 30.3 Å². The lowest BCUT2D eigenvalue weighted by atomic mass is 10.0. The van der Waals surface area contributed by atoms with Gasteiger partial charge in [-0.3, -0.25) is 4.79 Å². The second kappa shape index (κ2) is 6.63. The van der Waals surface area contributed by atoms with Gasteiger partial charge in [-0.2, -0.15) is 0 Å². The van der Waals surface area contributed by atoms with Crippen molar-refractivity contribution in [3.8, 4) is 0 Å². The van der Waals surface area contributed by atoms with Crippen LogP contribution in [0.25, 0.3) is 10.8 Å². The Labute approximate surface area is 138 Å². The molecule has 0 fully saturated rings. The van der Waals surface area contributed by atoms with E-state index in [9.17, 15) is 9.59 Å². The molecule has 114 valence electrons. The molecule has 4 heteroatoms. The summed E-state index contributed by atoms with van der Waals surface area (Å²) >= 11 is 5.78. The Kier molecular flexibility index (Phi) is 4.40. The lowest BCUT2D eigenvalue weighted by molar-refractivity contribution is 0.0476. The molecule has 0 aliphatic carbocycles. The number of ketones is 1. The minimum Gasteiger partial charge on any atom is -0.454 e. The fraction of sp³-hybridized carbons (Fsp3) is 0.0526. The molecule has 0 aromatic heterocycles. The fourth-order valence-electron chi connectivity index (χ4n) is 2.33. The van der Waals surface area contributed by atoms with E-state index in [1.54, 1.807) is 36.4 Å². The molecule has 23 heavy (non-hydrogen) atoms. The summed E-state index contributed by atoms with van der Waals surface area (Å²) in [7, 11) is 0. The van der Waals surface area contributed by atoms with Crippen molar-refractivity contribution in [2.45, 2.75) is 0 Å². The molecule has 3 aromatic carbocycles. The zero-order valence-electron chi connectivity index (χ0n) is 12.2. The minimum absolute atomic E-state index is 0.268. The summed E-state index contributed by atoms with van der Waals surface area (Å²) in [5, 5.41) is 2.30. The number of halogens is 1. The number of carbonyl (C=O) groups excluding carboxylic acids is 2. The topological polar surface area (TPSA) is 43.4 Å². The Balaban J connectivity index is 1.74. The highest BCUT2D eigenvalue weighted by Crippen LogP contribution is 2.19. The van der Waals surface area contributed by atoms with Crippen LogP contribution in [0.5, 0.6) is 0 Å². The number of Topliss-reactive ketones (excluding diaryl/α,β-unsaturated/α-hetero) is 1. The Hall–Kier alpha value is -2.65. The van der Waals surface area contributed by atoms with Gasteiger partial charge in [0, 0.05) is 10.6 Å². The van der Waals surface area contributed by atoms with Crippen molar-refractivity contribution in [3.05, 3.63) is 82.9 Å². The van der Waals surface area contributed by atoms with Crippen LogP contribution >= 0.6 is 11.6 Å². The molecule has 0 N–H and O–H groups in total. The third-order valence-corrected chi connectivity index (χ3v) is 3.76. The molecule has 3 nitrogen and oxygen atoms in total. The van der Waals surface area contributed by atoms with Crippen molar-refractivity contribution in [1.82, 2.24) is 0 Å². The van der Waals surface area contributed by atoms with E-state index in [4.69, 9.17) is 16.3 Å². The first-order valence-corrected chi connectivity index (χ1v) is 7.46. The monoisotopic (exact) mass is 324 g/mol. The Morgan fingerprint density at radius 1 is 0.870 bits per heavy atom. The van der Waals surface area contributed by atoms with E-state index in [0.717, 1.165) is 10.8 Å². The Morgan fingerprint density at radius 3 is 2.35 bits per heavy atom. The molecule has 0 unspecified atom stereocenters. The maximum Gasteiger partial charge on any atom is 0.339 e. The van der Waals surface area contributed by atoms with Crippen molar-refractivity contribution >= 4 is 34.1 Å². The molecule has 0 aliphatic heterocycles. The first-order valence-electron chi connectivity index (χ1n) is 7.09. The van der Waals surface area contributed by atoms with Gasteiger partial charge in [0.05, 0.1) is 5.56 Å². The van der Waals surface area contributed by atoms with Gasteiger partial charge >= 0.3 is 5.97 Å². The van der Waals surface area contributed by atoms with E-state index in [1.165, 1.54) is 0 Å². The van der Waals surface area contributed by atoms with Crippen molar-refractivity contribution in [3.63, 3.8) is 0 Å². The molecule has 3 rings (SSSR count). The molecule has 0 aliphatic rings. The number of rotatable bonds is 4. The van der Waals surface area contributed by atoms with Gasteiger partial charge in [-0.15, -0.1) is 0 Å². The predicted octanol–water partition coefficient (Wildman–Crippen LogP) is 4.53. The smallest absolute Gasteiger partial charge is 0.339 e. The van der Waals surface area contributed by atoms with Crippen LogP contribution in [0.15, 0.2) is 66.7 Å². The minimum atomic E-state index is -0.510. The van der Waals surface area contributed by atoms with E-state index < -0.39 is 5.97 Å². The van der Waals surface area contributed by atoms with Crippen molar-refractivity contribution in [2.75, 3.05) is 6.61 Å². The quantitative estimate of drug-likeness (QED) is 0.523. The molecule has 0 saturated carbocycles. The first kappa shape index (κ1) is 15.3. The second-order valence-electron chi connectivity index (χ2n) is 5.03. The van der Waals surface area contributed by atoms with Crippen LogP contribution in [0.3, 0.4) is 0 Å². The van der Waals surface area contributed by atoms with Crippen LogP contribution in [0.4, 0.5) is 0 Å². The average Bonchev–Trinajstić information content (AvgIpc) is 2.59. The number of esters is 1. The fourth-order valence-corrected chi connectivity index (χ4v) is 2.46. The van der Waals surface area contributed by atoms with Crippen LogP contribution in [-0.2, 0) is 4.74 Å². The molecule has 0 amide bonds. The van der Waals surface area contributed by atoms with Gasteiger partial charge in [0.1, 0.15) is 0 Å². The zero-order valence-corrected chi connectivity index (χ0v) is 12.9. The number of hydrogen-bond acceptors (Lipinski definition) is 3. The van der Waals surface area contributed by atoms with Gasteiger partial charge in [-0.25, -0.2) is 4.79 Å². The largest absolute Gasteiger partial charge is 0.454 e. The highest BCUT2D eigenvalue weighted by atomic mass is 35.5. The summed E-state index contributed by atoms with van der Waals surface area (Å²) in [5.74, 6) is -0.778. The third kappa shape index (κ3) is 3.41. The summed E-state index contributed by atoms with van der Waals surface area (Å²) in [5.41, 5.74) is 0.909. The maximum atomic E-state index is 12.3. The van der Waals surface area contributed by atoms with Gasteiger partial charge in [0.15, 0.2) is 12.4 Å². The number of hydrogen-bond donors (Lipinski definition) is 0. The number of carbonyl (C=O) groups is 2. The molecule has 0 heterocycles. The Morgan fingerprint density at radius 2 is 1.57 bits per heavy atom. The zero-order chi connectivity index (χ0) is 16.2. The second-order valence-corrected chi connectivity index (χ2v) is 5.47. The van der Waals surface area contributed by atoms with Gasteiger partial charge in [-0.1, -0.05) is 48.0 Å². The normalized spacial score (nSPS) is 10.5. The van der Waals surface area contributed by atoms with Crippen molar-refractivity contribution in [2.24, 2.45) is 0 Å². The lowest BCUT2D eigenvalue weighted by Crippen LogP contribution is -2.14. The maximum absolute atomic E-state index is 12.3. The molecule has 3 aromatic rings. The molecule has 0 bridgehead atoms. The molecule has 0 saturated heterocycles. The number of benzene rings is 3. The highest BCUT2D eigenvalue weighted by Gasteiger charge is 2.14. The van der Waals surface area contributed by atoms with Gasteiger partial charge in [0.25, 0.3) is 0 Å². The van der Waals surface area contributed by atoms with Crippen LogP contribution in [0.1, 0.15) is 20.7 Å². The molecule has 0 radical (unpaired) electrons. The lowest BCUT2D eigenvalue weighted by Gasteiger charge is -2.07. The van der Waals surface area contributed by atoms with Gasteiger partial charge < -0.3 is 4.74 Å². The van der Waals surface area contributed by atoms with E-state index in [-0.39, 0.29) is 12.4 Å². The first-order chi connectivity index (χ1) is 11.1. The van der Waals surface area contributed by atoms with Crippen molar-refractivity contribution < 1.29 is 14.3 Å². The third-order valence-electron chi connectivity index (χ3n) is 3.51. The van der Waals surface area contributed by atoms with E-state index >= 15 is 0 Å². The van der Waals surface area contributed by atoms with Crippen LogP contribution in [0.2, 0.25) is 5.02 Å². The van der Waals surface area contributed by atoms with Gasteiger partial charge in [-0.05, 0) is 41.1 Å². The summed E-state index contributed by atoms with van der Waals surface area (Å²) in [6, 6.07) is 19.4. The van der Waals surface area contributed by atoms with Crippen molar-refractivity contribution in [1.29, 1.82) is 0 Å². The Bertz CT molecular complexity index is 864. The molecule has 0 spiro atoms. The summed E-state index contributed by atoms with van der Waals surface area (Å²) < 4.78 is 5.16. The number of fused-ring (bicyclic) bond motifs is 1. The standard InChI is InChI=1S/C19H13ClO3/c20-15-10-8-14(9-11-15)18(21)12-23-19(22)17-7-3-5-13-4-1-2-6-16(13)17/h1-11H,12H2. The van der Waals surface area contributed by atoms with E-state index in [0.29, 0.717) is 16.1 Å². The van der Waals surface area contributed by atoms with Gasteiger partial charge in [0.2, 0.25) is 0 Å². The van der Waals surface area contributed by atoms with E-state index in [2.05, 4.69) is 0 Å². The highest BCUT2D eigenvalue weighted by molar-refractivity contribution is 6.30. The average molecular weight is 325 g/mol. The van der Waals surface area contributed by atoms with Crippen LogP contribution < -0.4 is 0 Å². The molecular weight excluding hydrogens is 312 g/mol. The summed E-state index contributed by atoms with van der Waals surface area (Å²) in [6.07, 6.45) is 0. The summed E-state index contributed by atoms with van der Waals surface area (Å²) in [6.45, 7) is -0.302.